The summed E-state index contributed by atoms with van der Waals surface area (Å²) in [5.41, 5.74) is 0.590. The predicted octanol–water partition coefficient (Wildman–Crippen LogP) is 1.77. The molecule has 0 spiro atoms. The maximum absolute atomic E-state index is 11.9. The second-order valence-electron chi connectivity index (χ2n) is 4.47. The molecule has 4 nitrogen and oxygen atoms in total. The quantitative estimate of drug-likeness (QED) is 0.750. The summed E-state index contributed by atoms with van der Waals surface area (Å²) in [6.07, 6.45) is 2.07. The number of unbranched alkanes of at least 4 members (excludes halogenated alkanes) is 1. The Morgan fingerprint density at radius 3 is 2.67 bits per heavy atom. The summed E-state index contributed by atoms with van der Waals surface area (Å²) in [7, 11) is 5.67. The normalized spacial score (nSPS) is 10.4. The van der Waals surface area contributed by atoms with E-state index in [9.17, 15) is 4.79 Å². The summed E-state index contributed by atoms with van der Waals surface area (Å²) in [5.74, 6) is 0.542. The van der Waals surface area contributed by atoms with E-state index in [1.807, 2.05) is 26.2 Å². The lowest BCUT2D eigenvalue weighted by molar-refractivity contribution is 0.0950. The summed E-state index contributed by atoms with van der Waals surface area (Å²) in [6, 6.07) is 7.26. The molecule has 1 aromatic carbocycles. The Morgan fingerprint density at radius 2 is 2.00 bits per heavy atom. The fourth-order valence-corrected chi connectivity index (χ4v) is 1.68. The highest BCUT2D eigenvalue weighted by Gasteiger charge is 2.10. The summed E-state index contributed by atoms with van der Waals surface area (Å²) < 4.78 is 5.16. The minimum absolute atomic E-state index is 0.0719. The number of carbonyl (C=O) groups excluding carboxylic acids is 1. The predicted molar refractivity (Wildman–Crippen MR) is 73.1 cm³/mol. The average molecular weight is 250 g/mol. The first-order valence-corrected chi connectivity index (χ1v) is 6.21. The van der Waals surface area contributed by atoms with Gasteiger partial charge in [-0.3, -0.25) is 4.79 Å². The number of hydrogen-bond acceptors (Lipinski definition) is 3. The van der Waals surface area contributed by atoms with Gasteiger partial charge < -0.3 is 15.0 Å². The van der Waals surface area contributed by atoms with Crippen molar-refractivity contribution < 1.29 is 9.53 Å². The van der Waals surface area contributed by atoms with Crippen molar-refractivity contribution in [3.63, 3.8) is 0 Å². The van der Waals surface area contributed by atoms with Gasteiger partial charge in [0.25, 0.3) is 5.91 Å². The third-order valence-electron chi connectivity index (χ3n) is 2.67. The van der Waals surface area contributed by atoms with Crippen LogP contribution in [0.1, 0.15) is 23.2 Å². The molecule has 0 aliphatic rings. The van der Waals surface area contributed by atoms with Crippen LogP contribution in [0.2, 0.25) is 0 Å². The second kappa shape index (κ2) is 7.71. The smallest absolute Gasteiger partial charge is 0.255 e. The fourth-order valence-electron chi connectivity index (χ4n) is 1.68. The number of hydrogen-bond donors (Lipinski definition) is 1. The minimum atomic E-state index is -0.0719. The Balaban J connectivity index is 2.36. The minimum Gasteiger partial charge on any atom is -0.496 e. The van der Waals surface area contributed by atoms with Gasteiger partial charge in [-0.15, -0.1) is 0 Å². The molecule has 0 aliphatic carbocycles. The van der Waals surface area contributed by atoms with Gasteiger partial charge in [-0.05, 0) is 45.6 Å². The van der Waals surface area contributed by atoms with E-state index in [0.29, 0.717) is 17.9 Å². The molecule has 18 heavy (non-hydrogen) atoms. The molecule has 1 aromatic rings. The third kappa shape index (κ3) is 4.75. The number of carbonyl (C=O) groups is 1. The molecule has 0 aromatic heterocycles. The number of nitrogens with zero attached hydrogens (tertiary/aromatic N) is 1. The molecule has 0 bridgehead atoms. The van der Waals surface area contributed by atoms with Crippen LogP contribution in [0, 0.1) is 0 Å². The third-order valence-corrected chi connectivity index (χ3v) is 2.67. The molecule has 4 heteroatoms. The van der Waals surface area contributed by atoms with Crippen LogP contribution >= 0.6 is 0 Å². The Bertz CT molecular complexity index is 378. The number of para-hydroxylation sites is 1. The van der Waals surface area contributed by atoms with Crippen LogP contribution in [0.3, 0.4) is 0 Å². The summed E-state index contributed by atoms with van der Waals surface area (Å²) in [6.45, 7) is 1.75. The number of benzene rings is 1. The molecule has 0 aliphatic heterocycles. The van der Waals surface area contributed by atoms with Crippen molar-refractivity contribution in [2.24, 2.45) is 0 Å². The van der Waals surface area contributed by atoms with Gasteiger partial charge in [-0.2, -0.15) is 0 Å². The van der Waals surface area contributed by atoms with Crippen LogP contribution in [0.15, 0.2) is 24.3 Å². The zero-order valence-electron chi connectivity index (χ0n) is 11.4. The first-order chi connectivity index (χ1) is 8.65. The van der Waals surface area contributed by atoms with Gasteiger partial charge in [0, 0.05) is 6.54 Å². The van der Waals surface area contributed by atoms with Crippen molar-refractivity contribution in [1.29, 1.82) is 0 Å². The van der Waals surface area contributed by atoms with E-state index < -0.39 is 0 Å². The fraction of sp³-hybridized carbons (Fsp3) is 0.500. The molecule has 0 unspecified atom stereocenters. The Labute approximate surface area is 109 Å². The topological polar surface area (TPSA) is 41.6 Å². The van der Waals surface area contributed by atoms with Crippen molar-refractivity contribution in [2.75, 3.05) is 34.3 Å². The average Bonchev–Trinajstić information content (AvgIpc) is 2.37. The maximum Gasteiger partial charge on any atom is 0.255 e. The molecule has 0 radical (unpaired) electrons. The standard InChI is InChI=1S/C14H22N2O2/c1-16(2)11-7-6-10-15-14(17)12-8-4-5-9-13(12)18-3/h4-5,8-9H,6-7,10-11H2,1-3H3,(H,15,17). The first-order valence-electron chi connectivity index (χ1n) is 6.21. The molecule has 0 saturated carbocycles. The Kier molecular flexibility index (Phi) is 6.22. The molecule has 1 amide bonds. The highest BCUT2D eigenvalue weighted by Crippen LogP contribution is 2.16. The number of rotatable bonds is 7. The molecule has 1 rings (SSSR count). The van der Waals surface area contributed by atoms with E-state index in [4.69, 9.17) is 4.74 Å². The highest BCUT2D eigenvalue weighted by molar-refractivity contribution is 5.96. The molecular formula is C14H22N2O2. The zero-order chi connectivity index (χ0) is 13.4. The lowest BCUT2D eigenvalue weighted by Gasteiger charge is -2.10. The van der Waals surface area contributed by atoms with Crippen LogP contribution in [-0.2, 0) is 0 Å². The van der Waals surface area contributed by atoms with Crippen molar-refractivity contribution in [3.05, 3.63) is 29.8 Å². The molecule has 0 saturated heterocycles. The SMILES string of the molecule is COc1ccccc1C(=O)NCCCCN(C)C. The van der Waals surface area contributed by atoms with E-state index in [-0.39, 0.29) is 5.91 Å². The van der Waals surface area contributed by atoms with Crippen molar-refractivity contribution >= 4 is 5.91 Å². The first kappa shape index (κ1) is 14.5. The van der Waals surface area contributed by atoms with Crippen LogP contribution < -0.4 is 10.1 Å². The van der Waals surface area contributed by atoms with E-state index >= 15 is 0 Å². The van der Waals surface area contributed by atoms with Gasteiger partial charge in [-0.1, -0.05) is 12.1 Å². The molecule has 0 atom stereocenters. The van der Waals surface area contributed by atoms with Crippen molar-refractivity contribution in [3.8, 4) is 5.75 Å². The summed E-state index contributed by atoms with van der Waals surface area (Å²) >= 11 is 0. The van der Waals surface area contributed by atoms with E-state index in [1.165, 1.54) is 0 Å². The molecular weight excluding hydrogens is 228 g/mol. The summed E-state index contributed by atoms with van der Waals surface area (Å²) in [4.78, 5) is 14.1. The van der Waals surface area contributed by atoms with Crippen molar-refractivity contribution in [2.45, 2.75) is 12.8 Å². The number of amides is 1. The lowest BCUT2D eigenvalue weighted by atomic mass is 10.2. The van der Waals surface area contributed by atoms with Gasteiger partial charge in [0.05, 0.1) is 12.7 Å². The Morgan fingerprint density at radius 1 is 1.28 bits per heavy atom. The van der Waals surface area contributed by atoms with E-state index in [2.05, 4.69) is 10.2 Å². The van der Waals surface area contributed by atoms with Crippen molar-refractivity contribution in [1.82, 2.24) is 10.2 Å². The molecule has 1 N–H and O–H groups in total. The molecule has 0 fully saturated rings. The van der Waals surface area contributed by atoms with E-state index in [1.54, 1.807) is 19.2 Å². The van der Waals surface area contributed by atoms with Crippen LogP contribution in [0.5, 0.6) is 5.75 Å². The van der Waals surface area contributed by atoms with Crippen LogP contribution in [0.25, 0.3) is 0 Å². The van der Waals surface area contributed by atoms with Gasteiger partial charge in [0.2, 0.25) is 0 Å². The van der Waals surface area contributed by atoms with Gasteiger partial charge in [0.15, 0.2) is 0 Å². The van der Waals surface area contributed by atoms with Crippen LogP contribution in [0.4, 0.5) is 0 Å². The Hall–Kier alpha value is -1.55. The van der Waals surface area contributed by atoms with Gasteiger partial charge >= 0.3 is 0 Å². The van der Waals surface area contributed by atoms with Gasteiger partial charge in [0.1, 0.15) is 5.75 Å². The number of ether oxygens (including phenoxy) is 1. The lowest BCUT2D eigenvalue weighted by Crippen LogP contribution is -2.25. The van der Waals surface area contributed by atoms with E-state index in [0.717, 1.165) is 19.4 Å². The zero-order valence-corrected chi connectivity index (χ0v) is 11.4. The molecule has 100 valence electrons. The number of methoxy groups -OCH3 is 1. The monoisotopic (exact) mass is 250 g/mol. The summed E-state index contributed by atoms with van der Waals surface area (Å²) in [5, 5.41) is 2.91. The highest BCUT2D eigenvalue weighted by atomic mass is 16.5. The maximum atomic E-state index is 11.9. The largest absolute Gasteiger partial charge is 0.496 e. The number of nitrogens with one attached hydrogen (secondary N) is 1. The van der Waals surface area contributed by atoms with Crippen LogP contribution in [-0.4, -0.2) is 45.1 Å². The second-order valence-corrected chi connectivity index (χ2v) is 4.47. The van der Waals surface area contributed by atoms with Gasteiger partial charge in [-0.25, -0.2) is 0 Å². The molecule has 0 heterocycles.